The Balaban J connectivity index is 2.83. The Kier molecular flexibility index (Phi) is 7.47. The molecule has 0 aliphatic rings. The molecule has 1 rings (SSSR count). The molecule has 0 radical (unpaired) electrons. The van der Waals surface area contributed by atoms with Crippen LogP contribution in [0.1, 0.15) is 26.3 Å². The van der Waals surface area contributed by atoms with E-state index in [0.717, 1.165) is 5.57 Å². The maximum atomic E-state index is 11.6. The van der Waals surface area contributed by atoms with E-state index in [4.69, 9.17) is 15.3 Å². The molecule has 0 amide bonds. The second-order valence-electron chi connectivity index (χ2n) is 4.53. The van der Waals surface area contributed by atoms with Gasteiger partial charge in [-0.2, -0.15) is 0 Å². The average Bonchev–Trinajstić information content (AvgIpc) is 2.51. The zero-order valence-electron chi connectivity index (χ0n) is 13.2. The third kappa shape index (κ3) is 5.83. The van der Waals surface area contributed by atoms with Crippen LogP contribution in [-0.2, 0) is 16.0 Å². The van der Waals surface area contributed by atoms with Crippen LogP contribution >= 0.6 is 0 Å². The van der Waals surface area contributed by atoms with Crippen molar-refractivity contribution < 1.29 is 14.4 Å². The van der Waals surface area contributed by atoms with E-state index in [0.29, 0.717) is 17.9 Å². The lowest BCUT2D eigenvalue weighted by Crippen LogP contribution is -2.15. The molecule has 22 heavy (non-hydrogen) atoms. The number of esters is 1. The molecule has 1 aromatic rings. The predicted octanol–water partition coefficient (Wildman–Crippen LogP) is 2.97. The summed E-state index contributed by atoms with van der Waals surface area (Å²) in [6.45, 7) is 5.87. The summed E-state index contributed by atoms with van der Waals surface area (Å²) in [7, 11) is 0. The van der Waals surface area contributed by atoms with Crippen LogP contribution in [0.5, 0.6) is 5.75 Å². The molecule has 0 unspecified atom stereocenters. The molecule has 0 fully saturated rings. The number of carbonyl (C=O) groups excluding carboxylic acids is 1. The summed E-state index contributed by atoms with van der Waals surface area (Å²) >= 11 is 0. The number of amidine groups is 1. The Morgan fingerprint density at radius 2 is 2.09 bits per heavy atom. The van der Waals surface area contributed by atoms with E-state index in [1.807, 2.05) is 38.1 Å². The lowest BCUT2D eigenvalue weighted by atomic mass is 10.1. The van der Waals surface area contributed by atoms with Gasteiger partial charge in [-0.1, -0.05) is 41.6 Å². The molecule has 0 aromatic heterocycles. The first-order chi connectivity index (χ1) is 10.6. The smallest absolute Gasteiger partial charge is 0.310 e. The van der Waals surface area contributed by atoms with Gasteiger partial charge in [0.1, 0.15) is 0 Å². The largest absolute Gasteiger partial charge is 0.466 e. The summed E-state index contributed by atoms with van der Waals surface area (Å²) in [5.41, 5.74) is 7.33. The molecule has 0 aliphatic heterocycles. The minimum absolute atomic E-state index is 0.132. The van der Waals surface area contributed by atoms with Crippen molar-refractivity contribution in [3.8, 4) is 5.75 Å². The number of oxime groups is 1. The number of hydrogen-bond acceptors (Lipinski definition) is 4. The molecule has 0 saturated heterocycles. The fourth-order valence-electron chi connectivity index (χ4n) is 1.60. The summed E-state index contributed by atoms with van der Waals surface area (Å²) in [5.74, 6) is 0.459. The van der Waals surface area contributed by atoms with Gasteiger partial charge in [0, 0.05) is 5.56 Å². The topological polar surface area (TPSA) is 73.9 Å². The normalized spacial score (nSPS) is 12.5. The maximum absolute atomic E-state index is 11.6. The lowest BCUT2D eigenvalue weighted by molar-refractivity contribution is -0.142. The summed E-state index contributed by atoms with van der Waals surface area (Å²) < 4.78 is 4.94. The van der Waals surface area contributed by atoms with Crippen molar-refractivity contribution in [1.82, 2.24) is 0 Å². The van der Waals surface area contributed by atoms with Gasteiger partial charge in [-0.25, -0.2) is 0 Å². The van der Waals surface area contributed by atoms with Crippen LogP contribution in [0.3, 0.4) is 0 Å². The molecule has 0 spiro atoms. The molecule has 118 valence electrons. The molecule has 0 heterocycles. The van der Waals surface area contributed by atoms with Crippen LogP contribution in [0, 0.1) is 0 Å². The van der Waals surface area contributed by atoms with Crippen molar-refractivity contribution in [3.05, 3.63) is 53.6 Å². The summed E-state index contributed by atoms with van der Waals surface area (Å²) in [5, 5.41) is 3.90. The fraction of sp³-hybridized carbons (Fsp3) is 0.294. The molecule has 0 aliphatic carbocycles. The van der Waals surface area contributed by atoms with Gasteiger partial charge in [0.15, 0.2) is 11.6 Å². The fourth-order valence-corrected chi connectivity index (χ4v) is 1.60. The summed E-state index contributed by atoms with van der Waals surface area (Å²) in [6, 6.07) is 7.15. The number of allylic oxidation sites excluding steroid dienone is 3. The third-order valence-corrected chi connectivity index (χ3v) is 2.80. The Hall–Kier alpha value is -2.56. The third-order valence-electron chi connectivity index (χ3n) is 2.80. The van der Waals surface area contributed by atoms with Crippen LogP contribution in [0.25, 0.3) is 0 Å². The van der Waals surface area contributed by atoms with E-state index in [-0.39, 0.29) is 18.2 Å². The van der Waals surface area contributed by atoms with Gasteiger partial charge in [0.25, 0.3) is 0 Å². The van der Waals surface area contributed by atoms with Crippen molar-refractivity contribution >= 4 is 11.8 Å². The molecular weight excluding hydrogens is 280 g/mol. The molecule has 2 N–H and O–H groups in total. The van der Waals surface area contributed by atoms with Crippen molar-refractivity contribution in [2.45, 2.75) is 27.2 Å². The minimum atomic E-state index is -0.306. The van der Waals surface area contributed by atoms with E-state index in [1.54, 1.807) is 25.1 Å². The Morgan fingerprint density at radius 1 is 1.36 bits per heavy atom. The zero-order chi connectivity index (χ0) is 16.4. The van der Waals surface area contributed by atoms with E-state index >= 15 is 0 Å². The first-order valence-electron chi connectivity index (χ1n) is 7.12. The Morgan fingerprint density at radius 3 is 2.77 bits per heavy atom. The van der Waals surface area contributed by atoms with Crippen LogP contribution in [0.4, 0.5) is 0 Å². The summed E-state index contributed by atoms with van der Waals surface area (Å²) in [6.07, 6.45) is 5.73. The highest BCUT2D eigenvalue weighted by Gasteiger charge is 2.10. The number of para-hydroxylation sites is 1. The van der Waals surface area contributed by atoms with Crippen LogP contribution in [0.15, 0.2) is 53.2 Å². The van der Waals surface area contributed by atoms with Crippen LogP contribution < -0.4 is 10.6 Å². The number of carbonyl (C=O) groups is 1. The predicted molar refractivity (Wildman–Crippen MR) is 87.6 cm³/mol. The van der Waals surface area contributed by atoms with Gasteiger partial charge in [-0.3, -0.25) is 4.79 Å². The van der Waals surface area contributed by atoms with E-state index in [9.17, 15) is 4.79 Å². The zero-order valence-corrected chi connectivity index (χ0v) is 13.2. The molecule has 0 atom stereocenters. The lowest BCUT2D eigenvalue weighted by Gasteiger charge is -2.07. The maximum Gasteiger partial charge on any atom is 0.310 e. The summed E-state index contributed by atoms with van der Waals surface area (Å²) in [4.78, 5) is 16.9. The highest BCUT2D eigenvalue weighted by Crippen LogP contribution is 2.19. The van der Waals surface area contributed by atoms with E-state index < -0.39 is 0 Å². The quantitative estimate of drug-likeness (QED) is 0.276. The van der Waals surface area contributed by atoms with Gasteiger partial charge >= 0.3 is 5.97 Å². The standard InChI is InChI=1S/C17H22N2O3/c1-4-6-9-13(3)17(18)19-22-15-11-8-7-10-14(15)12-16(20)21-5-2/h4,6-11H,5,12H2,1-3H3,(H2,18,19)/b6-4-,13-9+. The van der Waals surface area contributed by atoms with Crippen LogP contribution in [-0.4, -0.2) is 18.4 Å². The van der Waals surface area contributed by atoms with Gasteiger partial charge in [-0.05, 0) is 32.4 Å². The van der Waals surface area contributed by atoms with Gasteiger partial charge in [-0.15, -0.1) is 0 Å². The highest BCUT2D eigenvalue weighted by molar-refractivity contribution is 5.96. The monoisotopic (exact) mass is 302 g/mol. The van der Waals surface area contributed by atoms with Crippen molar-refractivity contribution in [1.29, 1.82) is 0 Å². The van der Waals surface area contributed by atoms with Crippen LogP contribution in [0.2, 0.25) is 0 Å². The SMILES string of the molecule is C\C=C/C=C(C)/C(N)=N\Oc1ccccc1CC(=O)OCC. The minimum Gasteiger partial charge on any atom is -0.466 e. The van der Waals surface area contributed by atoms with Gasteiger partial charge < -0.3 is 15.3 Å². The molecule has 0 saturated carbocycles. The molecular formula is C17H22N2O3. The first-order valence-corrected chi connectivity index (χ1v) is 7.12. The molecule has 5 heteroatoms. The second-order valence-corrected chi connectivity index (χ2v) is 4.53. The average molecular weight is 302 g/mol. The van der Waals surface area contributed by atoms with Gasteiger partial charge in [0.05, 0.1) is 13.0 Å². The molecule has 0 bridgehead atoms. The van der Waals surface area contributed by atoms with E-state index in [2.05, 4.69) is 5.16 Å². The highest BCUT2D eigenvalue weighted by atomic mass is 16.6. The number of nitrogens with zero attached hydrogens (tertiary/aromatic N) is 1. The molecule has 5 nitrogen and oxygen atoms in total. The Bertz CT molecular complexity index is 589. The van der Waals surface area contributed by atoms with Crippen molar-refractivity contribution in [2.75, 3.05) is 6.61 Å². The first kappa shape index (κ1) is 17.5. The molecule has 1 aromatic carbocycles. The number of nitrogens with two attached hydrogens (primary N) is 1. The van der Waals surface area contributed by atoms with E-state index in [1.165, 1.54) is 0 Å². The van der Waals surface area contributed by atoms with Crippen molar-refractivity contribution in [2.24, 2.45) is 10.9 Å². The number of rotatable bonds is 7. The second kappa shape index (κ2) is 9.39. The Labute approximate surface area is 131 Å². The number of benzene rings is 1. The number of hydrogen-bond donors (Lipinski definition) is 1. The van der Waals surface area contributed by atoms with Gasteiger partial charge in [0.2, 0.25) is 0 Å². The number of ether oxygens (including phenoxy) is 1. The van der Waals surface area contributed by atoms with Crippen molar-refractivity contribution in [3.63, 3.8) is 0 Å².